The SMILES string of the molecule is CCOc1cc(CNCCCn2ccnc2)cc(Cl)c1OCC.Cl.Cl. The van der Waals surface area contributed by atoms with Crippen LogP contribution in [0.1, 0.15) is 25.8 Å². The van der Waals surface area contributed by atoms with Gasteiger partial charge in [-0.1, -0.05) is 11.6 Å². The topological polar surface area (TPSA) is 48.3 Å². The van der Waals surface area contributed by atoms with Gasteiger partial charge in [-0.05, 0) is 44.5 Å². The van der Waals surface area contributed by atoms with Crippen molar-refractivity contribution < 1.29 is 9.47 Å². The fourth-order valence-corrected chi connectivity index (χ4v) is 2.60. The lowest BCUT2D eigenvalue weighted by atomic mass is 10.2. The second kappa shape index (κ2) is 13.1. The van der Waals surface area contributed by atoms with Gasteiger partial charge in [0.05, 0.1) is 24.6 Å². The molecule has 142 valence electrons. The van der Waals surface area contributed by atoms with Crippen molar-refractivity contribution in [2.75, 3.05) is 19.8 Å². The van der Waals surface area contributed by atoms with Gasteiger partial charge in [0, 0.05) is 25.5 Å². The summed E-state index contributed by atoms with van der Waals surface area (Å²) in [5.41, 5.74) is 1.09. The summed E-state index contributed by atoms with van der Waals surface area (Å²) < 4.78 is 13.3. The van der Waals surface area contributed by atoms with Gasteiger partial charge in [-0.25, -0.2) is 4.98 Å². The summed E-state index contributed by atoms with van der Waals surface area (Å²) in [7, 11) is 0. The molecule has 0 amide bonds. The van der Waals surface area contributed by atoms with Gasteiger partial charge in [-0.15, -0.1) is 24.8 Å². The molecule has 0 fully saturated rings. The Morgan fingerprint density at radius 3 is 2.56 bits per heavy atom. The van der Waals surface area contributed by atoms with E-state index in [4.69, 9.17) is 21.1 Å². The lowest BCUT2D eigenvalue weighted by Crippen LogP contribution is -2.16. The molecule has 0 bridgehead atoms. The van der Waals surface area contributed by atoms with E-state index in [1.54, 1.807) is 6.20 Å². The van der Waals surface area contributed by atoms with E-state index in [0.29, 0.717) is 29.7 Å². The second-order valence-corrected chi connectivity index (χ2v) is 5.51. The number of benzene rings is 1. The minimum atomic E-state index is 0. The van der Waals surface area contributed by atoms with Crippen LogP contribution in [0.3, 0.4) is 0 Å². The maximum atomic E-state index is 6.31. The number of rotatable bonds is 10. The molecule has 25 heavy (non-hydrogen) atoms. The molecule has 1 heterocycles. The Hall–Kier alpha value is -1.14. The van der Waals surface area contributed by atoms with Gasteiger partial charge in [-0.2, -0.15) is 0 Å². The molecular weight excluding hydrogens is 385 g/mol. The third-order valence-electron chi connectivity index (χ3n) is 3.32. The van der Waals surface area contributed by atoms with Crippen LogP contribution in [0, 0.1) is 0 Å². The molecule has 1 aromatic carbocycles. The first kappa shape index (κ1) is 23.9. The number of ether oxygens (including phenoxy) is 2. The number of imidazole rings is 1. The number of nitrogens with zero attached hydrogens (tertiary/aromatic N) is 2. The normalized spacial score (nSPS) is 9.88. The highest BCUT2D eigenvalue weighted by Crippen LogP contribution is 2.36. The van der Waals surface area contributed by atoms with Gasteiger partial charge in [-0.3, -0.25) is 0 Å². The van der Waals surface area contributed by atoms with E-state index in [2.05, 4.69) is 14.9 Å². The van der Waals surface area contributed by atoms with Crippen LogP contribution >= 0.6 is 36.4 Å². The highest BCUT2D eigenvalue weighted by molar-refractivity contribution is 6.32. The molecule has 0 radical (unpaired) electrons. The smallest absolute Gasteiger partial charge is 0.179 e. The van der Waals surface area contributed by atoms with E-state index < -0.39 is 0 Å². The Bertz CT molecular complexity index is 595. The van der Waals surface area contributed by atoms with Crippen LogP contribution < -0.4 is 14.8 Å². The molecule has 1 aromatic heterocycles. The molecule has 0 saturated carbocycles. The van der Waals surface area contributed by atoms with Gasteiger partial charge in [0.2, 0.25) is 0 Å². The molecule has 0 atom stereocenters. The zero-order valence-corrected chi connectivity index (χ0v) is 16.9. The minimum absolute atomic E-state index is 0. The first-order valence-electron chi connectivity index (χ1n) is 7.99. The zero-order chi connectivity index (χ0) is 16.5. The van der Waals surface area contributed by atoms with E-state index in [1.807, 2.05) is 38.5 Å². The first-order chi connectivity index (χ1) is 11.2. The van der Waals surface area contributed by atoms with Gasteiger partial charge >= 0.3 is 0 Å². The number of halogens is 3. The fraction of sp³-hybridized carbons (Fsp3) is 0.471. The van der Waals surface area contributed by atoms with Crippen molar-refractivity contribution in [3.63, 3.8) is 0 Å². The monoisotopic (exact) mass is 409 g/mol. The Balaban J connectivity index is 0.00000288. The van der Waals surface area contributed by atoms with Crippen molar-refractivity contribution in [3.05, 3.63) is 41.4 Å². The quantitative estimate of drug-likeness (QED) is 0.591. The third-order valence-corrected chi connectivity index (χ3v) is 3.60. The van der Waals surface area contributed by atoms with Crippen molar-refractivity contribution in [1.82, 2.24) is 14.9 Å². The molecule has 5 nitrogen and oxygen atoms in total. The van der Waals surface area contributed by atoms with Gasteiger partial charge < -0.3 is 19.4 Å². The van der Waals surface area contributed by atoms with Crippen molar-refractivity contribution >= 4 is 36.4 Å². The van der Waals surface area contributed by atoms with Crippen molar-refractivity contribution in [2.45, 2.75) is 33.4 Å². The Labute approximate surface area is 166 Å². The van der Waals surface area contributed by atoms with Crippen molar-refractivity contribution in [1.29, 1.82) is 0 Å². The van der Waals surface area contributed by atoms with E-state index in [0.717, 1.165) is 31.6 Å². The molecule has 0 aliphatic carbocycles. The Morgan fingerprint density at radius 2 is 1.92 bits per heavy atom. The molecule has 0 unspecified atom stereocenters. The average molecular weight is 411 g/mol. The number of hydrogen-bond donors (Lipinski definition) is 1. The summed E-state index contributed by atoms with van der Waals surface area (Å²) in [5, 5.41) is 4.01. The number of aromatic nitrogens is 2. The van der Waals surface area contributed by atoms with Crippen LogP contribution in [0.4, 0.5) is 0 Å². The standard InChI is InChI=1S/C17H24ClN3O2.2ClH/c1-3-22-16-11-14(10-15(18)17(16)23-4-2)12-19-6-5-8-21-9-7-20-13-21;;/h7,9-11,13,19H,3-6,8,12H2,1-2H3;2*1H. The summed E-state index contributed by atoms with van der Waals surface area (Å²) in [6.45, 7) is 7.65. The number of aryl methyl sites for hydroxylation is 1. The van der Waals surface area contributed by atoms with Crippen molar-refractivity contribution in [2.24, 2.45) is 0 Å². The zero-order valence-electron chi connectivity index (χ0n) is 14.5. The molecule has 0 aliphatic heterocycles. The van der Waals surface area contributed by atoms with Crippen molar-refractivity contribution in [3.8, 4) is 11.5 Å². The Kier molecular flexibility index (Phi) is 12.5. The lowest BCUT2D eigenvalue weighted by Gasteiger charge is -2.14. The summed E-state index contributed by atoms with van der Waals surface area (Å²) in [4.78, 5) is 4.03. The van der Waals surface area contributed by atoms with Gasteiger partial charge in [0.1, 0.15) is 0 Å². The van der Waals surface area contributed by atoms with Crippen LogP contribution in [-0.4, -0.2) is 29.3 Å². The summed E-state index contributed by atoms with van der Waals surface area (Å²) >= 11 is 6.31. The van der Waals surface area contributed by atoms with Crippen LogP contribution in [0.5, 0.6) is 11.5 Å². The minimum Gasteiger partial charge on any atom is -0.490 e. The largest absolute Gasteiger partial charge is 0.490 e. The third kappa shape index (κ3) is 7.74. The highest BCUT2D eigenvalue weighted by atomic mass is 35.5. The number of hydrogen-bond acceptors (Lipinski definition) is 4. The molecular formula is C17H26Cl3N3O2. The molecule has 8 heteroatoms. The molecule has 2 aromatic rings. The van der Waals surface area contributed by atoms with Crippen LogP contribution in [0.15, 0.2) is 30.9 Å². The van der Waals surface area contributed by atoms with Gasteiger partial charge in [0.15, 0.2) is 11.5 Å². The van der Waals surface area contributed by atoms with Crippen LogP contribution in [0.25, 0.3) is 0 Å². The number of nitrogens with one attached hydrogen (secondary N) is 1. The van der Waals surface area contributed by atoms with E-state index in [-0.39, 0.29) is 24.8 Å². The predicted molar refractivity (Wildman–Crippen MR) is 107 cm³/mol. The predicted octanol–water partition coefficient (Wildman–Crippen LogP) is 4.36. The summed E-state index contributed by atoms with van der Waals surface area (Å²) in [6.07, 6.45) is 6.64. The maximum Gasteiger partial charge on any atom is 0.179 e. The maximum absolute atomic E-state index is 6.31. The molecule has 1 N–H and O–H groups in total. The van der Waals surface area contributed by atoms with Crippen LogP contribution in [-0.2, 0) is 13.1 Å². The highest BCUT2D eigenvalue weighted by Gasteiger charge is 2.12. The first-order valence-corrected chi connectivity index (χ1v) is 8.36. The molecule has 2 rings (SSSR count). The lowest BCUT2D eigenvalue weighted by molar-refractivity contribution is 0.287. The van der Waals surface area contributed by atoms with E-state index in [1.165, 1.54) is 0 Å². The van der Waals surface area contributed by atoms with Crippen LogP contribution in [0.2, 0.25) is 5.02 Å². The molecule has 0 aliphatic rings. The van der Waals surface area contributed by atoms with Gasteiger partial charge in [0.25, 0.3) is 0 Å². The molecule has 0 saturated heterocycles. The Morgan fingerprint density at radius 1 is 1.16 bits per heavy atom. The molecule has 0 spiro atoms. The van der Waals surface area contributed by atoms with E-state index >= 15 is 0 Å². The summed E-state index contributed by atoms with van der Waals surface area (Å²) in [5.74, 6) is 1.33. The van der Waals surface area contributed by atoms with E-state index in [9.17, 15) is 0 Å². The second-order valence-electron chi connectivity index (χ2n) is 5.10. The summed E-state index contributed by atoms with van der Waals surface area (Å²) in [6, 6.07) is 3.92. The fourth-order valence-electron chi connectivity index (χ4n) is 2.31. The average Bonchev–Trinajstić information content (AvgIpc) is 3.04.